The van der Waals surface area contributed by atoms with Gasteiger partial charge in [0.1, 0.15) is 68.0 Å². The molecule has 348 valence electrons. The molecular formula is C48H47ClF4N10O4. The van der Waals surface area contributed by atoms with Crippen LogP contribution >= 0.6 is 11.6 Å². The monoisotopic (exact) mass is 938 g/mol. The van der Waals surface area contributed by atoms with E-state index in [-0.39, 0.29) is 70.7 Å². The third-order valence-corrected chi connectivity index (χ3v) is 10.3. The van der Waals surface area contributed by atoms with Crippen molar-refractivity contribution in [1.82, 2.24) is 38.7 Å². The van der Waals surface area contributed by atoms with E-state index in [4.69, 9.17) is 26.8 Å². The second-order valence-corrected chi connectivity index (χ2v) is 15.1. The number of halogens is 5. The molecule has 6 heterocycles. The molecule has 2 atom stereocenters. The number of carbonyl (C=O) groups excluding carboxylic acids is 2. The Balaban J connectivity index is 0.000000186. The lowest BCUT2D eigenvalue weighted by molar-refractivity contribution is 0.0516. The summed E-state index contributed by atoms with van der Waals surface area (Å²) in [5.74, 6) is -1.77. The third-order valence-electron chi connectivity index (χ3n) is 9.98. The van der Waals surface area contributed by atoms with Gasteiger partial charge in [0, 0.05) is 30.8 Å². The molecule has 2 aromatic carbocycles. The number of anilines is 1. The summed E-state index contributed by atoms with van der Waals surface area (Å²) in [7, 11) is 0. The van der Waals surface area contributed by atoms with Gasteiger partial charge in [-0.15, -0.1) is 0 Å². The number of nitrogens with one attached hydrogen (secondary N) is 1. The Kier molecular flexibility index (Phi) is 17.0. The summed E-state index contributed by atoms with van der Waals surface area (Å²) in [6.45, 7) is 7.94. The summed E-state index contributed by atoms with van der Waals surface area (Å²) in [6, 6.07) is 18.1. The van der Waals surface area contributed by atoms with Gasteiger partial charge in [-0.2, -0.15) is 0 Å². The lowest BCUT2D eigenvalue weighted by Gasteiger charge is -2.21. The SMILES string of the molecule is CCC[C@H](N)c1ccc(F)cc1.CCC[C@H](Nc1nc(-c2cnc3ccc(F)cn23)ncc1C(=O)OCC)c1ccc(F)cc1.CCOC(=O)c1cnc(-c2cnc3ccc(F)cn23)nc1Cl. The van der Waals surface area contributed by atoms with E-state index in [0.29, 0.717) is 29.1 Å². The standard InChI is InChI=1S/C24H23F2N5O2.C14H10ClFN4O2.C10H14FN/c1-3-5-19(15-6-8-16(25)9-7-15)29-22-18(24(32)33-4-2)12-28-23(30-22)20-13-27-21-11-10-17(26)14-31(20)21;1-2-22-14(21)9-5-18-13(19-12(9)15)10-6-17-11-4-3-8(16)7-20(10)11;1-2-3-10(12)8-4-6-9(11)7-5-8/h6-14,19H,3-5H2,1-2H3,(H,28,29,30);3-7H,2H2,1H3;4-7,10H,2-3,12H2,1H3/t19-;;10-/m0.0/s1. The summed E-state index contributed by atoms with van der Waals surface area (Å²) < 4.78 is 66.2. The second kappa shape index (κ2) is 23.2. The first kappa shape index (κ1) is 49.1. The van der Waals surface area contributed by atoms with Crippen molar-refractivity contribution in [3.8, 4) is 23.0 Å². The fraction of sp³-hybridized carbons (Fsp3) is 0.250. The molecule has 0 saturated carbocycles. The number of imidazole rings is 2. The second-order valence-electron chi connectivity index (χ2n) is 14.7. The summed E-state index contributed by atoms with van der Waals surface area (Å²) in [6.07, 6.45) is 11.8. The largest absolute Gasteiger partial charge is 0.462 e. The maximum Gasteiger partial charge on any atom is 0.343 e. The lowest BCUT2D eigenvalue weighted by Crippen LogP contribution is -2.17. The maximum atomic E-state index is 13.8. The van der Waals surface area contributed by atoms with Gasteiger partial charge in [-0.3, -0.25) is 8.80 Å². The molecule has 0 radical (unpaired) electrons. The van der Waals surface area contributed by atoms with Crippen molar-refractivity contribution in [1.29, 1.82) is 0 Å². The van der Waals surface area contributed by atoms with Crippen LogP contribution in [0.5, 0.6) is 0 Å². The number of carbonyl (C=O) groups is 2. The number of pyridine rings is 2. The molecule has 8 rings (SSSR count). The van der Waals surface area contributed by atoms with E-state index in [0.717, 1.165) is 30.4 Å². The molecule has 0 fully saturated rings. The number of benzene rings is 2. The number of hydrogen-bond acceptors (Lipinski definition) is 12. The van der Waals surface area contributed by atoms with E-state index in [9.17, 15) is 27.2 Å². The highest BCUT2D eigenvalue weighted by atomic mass is 35.5. The van der Waals surface area contributed by atoms with E-state index in [1.165, 1.54) is 77.8 Å². The van der Waals surface area contributed by atoms with Crippen LogP contribution in [-0.2, 0) is 9.47 Å². The molecule has 14 nitrogen and oxygen atoms in total. The van der Waals surface area contributed by atoms with Crippen molar-refractivity contribution in [3.63, 3.8) is 0 Å². The van der Waals surface area contributed by atoms with E-state index in [1.807, 2.05) is 6.92 Å². The van der Waals surface area contributed by atoms with Crippen molar-refractivity contribution in [2.75, 3.05) is 18.5 Å². The topological polar surface area (TPSA) is 177 Å². The van der Waals surface area contributed by atoms with E-state index >= 15 is 0 Å². The zero-order chi connectivity index (χ0) is 48.0. The number of nitrogens with zero attached hydrogens (tertiary/aromatic N) is 8. The van der Waals surface area contributed by atoms with Crippen molar-refractivity contribution >= 4 is 40.7 Å². The van der Waals surface area contributed by atoms with Crippen LogP contribution < -0.4 is 11.1 Å². The van der Waals surface area contributed by atoms with Crippen LogP contribution in [0, 0.1) is 23.3 Å². The number of nitrogens with two attached hydrogens (primary N) is 1. The average molecular weight is 939 g/mol. The quantitative estimate of drug-likeness (QED) is 0.0600. The van der Waals surface area contributed by atoms with E-state index in [2.05, 4.69) is 42.1 Å². The molecule has 0 amide bonds. The predicted octanol–water partition coefficient (Wildman–Crippen LogP) is 10.6. The highest BCUT2D eigenvalue weighted by Gasteiger charge is 2.22. The summed E-state index contributed by atoms with van der Waals surface area (Å²) in [5, 5.41) is 3.27. The van der Waals surface area contributed by atoms with E-state index in [1.54, 1.807) is 54.8 Å². The van der Waals surface area contributed by atoms with Crippen molar-refractivity contribution in [3.05, 3.63) is 161 Å². The van der Waals surface area contributed by atoms with Crippen LogP contribution in [0.4, 0.5) is 23.4 Å². The minimum absolute atomic E-state index is 0.0326. The lowest BCUT2D eigenvalue weighted by atomic mass is 10.0. The normalized spacial score (nSPS) is 11.8. The molecule has 0 saturated heterocycles. The van der Waals surface area contributed by atoms with Crippen molar-refractivity contribution in [2.24, 2.45) is 5.73 Å². The van der Waals surface area contributed by atoms with Gasteiger partial charge in [-0.1, -0.05) is 62.6 Å². The molecule has 0 spiro atoms. The Morgan fingerprint density at radius 2 is 1.07 bits per heavy atom. The first-order valence-electron chi connectivity index (χ1n) is 21.4. The first-order valence-corrected chi connectivity index (χ1v) is 21.7. The van der Waals surface area contributed by atoms with Gasteiger partial charge >= 0.3 is 11.9 Å². The van der Waals surface area contributed by atoms with Crippen LogP contribution in [0.3, 0.4) is 0 Å². The molecule has 0 aliphatic carbocycles. The third kappa shape index (κ3) is 12.5. The highest BCUT2D eigenvalue weighted by Crippen LogP contribution is 2.28. The van der Waals surface area contributed by atoms with Gasteiger partial charge in [0.25, 0.3) is 0 Å². The van der Waals surface area contributed by atoms with Crippen LogP contribution in [0.1, 0.15) is 97.3 Å². The minimum Gasteiger partial charge on any atom is -0.462 e. The maximum absolute atomic E-state index is 13.8. The zero-order valence-corrected chi connectivity index (χ0v) is 37.7. The summed E-state index contributed by atoms with van der Waals surface area (Å²) in [5.41, 5.74) is 9.96. The average Bonchev–Trinajstić information content (AvgIpc) is 3.94. The zero-order valence-electron chi connectivity index (χ0n) is 37.0. The minimum atomic E-state index is -0.594. The Bertz CT molecular complexity index is 2940. The molecule has 67 heavy (non-hydrogen) atoms. The van der Waals surface area contributed by atoms with Gasteiger partial charge in [-0.25, -0.2) is 57.1 Å². The molecule has 8 aromatic rings. The molecule has 6 aromatic heterocycles. The number of aromatic nitrogens is 8. The fourth-order valence-electron chi connectivity index (χ4n) is 6.70. The highest BCUT2D eigenvalue weighted by molar-refractivity contribution is 6.32. The Morgan fingerprint density at radius 1 is 0.612 bits per heavy atom. The Hall–Kier alpha value is -7.31. The van der Waals surface area contributed by atoms with Gasteiger partial charge < -0.3 is 20.5 Å². The van der Waals surface area contributed by atoms with Crippen LogP contribution in [0.15, 0.2) is 110 Å². The Morgan fingerprint density at radius 3 is 1.57 bits per heavy atom. The number of fused-ring (bicyclic) bond motifs is 2. The smallest absolute Gasteiger partial charge is 0.343 e. The van der Waals surface area contributed by atoms with Crippen LogP contribution in [0.25, 0.3) is 34.3 Å². The molecule has 0 bridgehead atoms. The molecular weight excluding hydrogens is 892 g/mol. The Labute approximate surface area is 388 Å². The van der Waals surface area contributed by atoms with Gasteiger partial charge in [0.05, 0.1) is 31.6 Å². The number of rotatable bonds is 14. The fourth-order valence-corrected chi connectivity index (χ4v) is 6.91. The van der Waals surface area contributed by atoms with Gasteiger partial charge in [0.2, 0.25) is 0 Å². The van der Waals surface area contributed by atoms with Crippen molar-refractivity contribution < 1.29 is 36.6 Å². The predicted molar refractivity (Wildman–Crippen MR) is 245 cm³/mol. The number of hydrogen-bond donors (Lipinski definition) is 2. The molecule has 19 heteroatoms. The summed E-state index contributed by atoms with van der Waals surface area (Å²) >= 11 is 6.00. The van der Waals surface area contributed by atoms with Gasteiger partial charge in [-0.05, 0) is 86.3 Å². The van der Waals surface area contributed by atoms with E-state index < -0.39 is 23.6 Å². The molecule has 3 N–H and O–H groups in total. The summed E-state index contributed by atoms with van der Waals surface area (Å²) in [4.78, 5) is 49.7. The van der Waals surface area contributed by atoms with Crippen molar-refractivity contribution in [2.45, 2.75) is 65.5 Å². The van der Waals surface area contributed by atoms with Crippen LogP contribution in [-0.4, -0.2) is 63.9 Å². The molecule has 0 aliphatic heterocycles. The van der Waals surface area contributed by atoms with Crippen LogP contribution in [0.2, 0.25) is 5.15 Å². The number of esters is 2. The first-order chi connectivity index (χ1) is 32.3. The van der Waals surface area contributed by atoms with Gasteiger partial charge in [0.15, 0.2) is 11.6 Å². The number of ether oxygens (including phenoxy) is 2. The molecule has 0 aliphatic rings. The molecule has 0 unspecified atom stereocenters.